The summed E-state index contributed by atoms with van der Waals surface area (Å²) in [4.78, 5) is 0.150. The summed E-state index contributed by atoms with van der Waals surface area (Å²) < 4.78 is 40.4. The number of hydrogen-bond donors (Lipinski definition) is 1. The molecule has 3 rings (SSSR count). The molecule has 0 atom stereocenters. The molecule has 7 heteroatoms. The van der Waals surface area contributed by atoms with Gasteiger partial charge in [0, 0.05) is 16.1 Å². The molecule has 0 aliphatic heterocycles. The van der Waals surface area contributed by atoms with Crippen molar-refractivity contribution in [1.82, 2.24) is 4.57 Å². The van der Waals surface area contributed by atoms with E-state index in [2.05, 4.69) is 0 Å². The molecule has 1 N–H and O–H groups in total. The van der Waals surface area contributed by atoms with Gasteiger partial charge in [-0.15, -0.1) is 11.3 Å². The van der Waals surface area contributed by atoms with Gasteiger partial charge in [-0.05, 0) is 48.4 Å². The van der Waals surface area contributed by atoms with Crippen LogP contribution in [-0.4, -0.2) is 4.57 Å². The van der Waals surface area contributed by atoms with Crippen molar-refractivity contribution in [3.05, 3.63) is 68.8 Å². The summed E-state index contributed by atoms with van der Waals surface area (Å²) in [5, 5.41) is 10.4. The molecule has 0 saturated heterocycles. The summed E-state index contributed by atoms with van der Waals surface area (Å²) in [6.07, 6.45) is -4.42. The van der Waals surface area contributed by atoms with Crippen LogP contribution in [-0.2, 0) is 6.18 Å². The first kappa shape index (κ1) is 16.8. The van der Waals surface area contributed by atoms with Gasteiger partial charge in [-0.2, -0.15) is 13.2 Å². The lowest BCUT2D eigenvalue weighted by Gasteiger charge is -2.12. The first-order chi connectivity index (χ1) is 11.3. The number of aromatic nitrogens is 1. The Morgan fingerprint density at radius 3 is 2.54 bits per heavy atom. The summed E-state index contributed by atoms with van der Waals surface area (Å²) in [6, 6.07) is 10.4. The van der Waals surface area contributed by atoms with Crippen LogP contribution >= 0.6 is 22.9 Å². The number of nitrogens with one attached hydrogen (secondary N) is 1. The van der Waals surface area contributed by atoms with E-state index >= 15 is 0 Å². The monoisotopic (exact) mass is 368 g/mol. The quantitative estimate of drug-likeness (QED) is 0.604. The molecule has 0 saturated carbocycles. The van der Waals surface area contributed by atoms with Gasteiger partial charge in [0.25, 0.3) is 0 Å². The minimum absolute atomic E-state index is 0.150. The zero-order valence-electron chi connectivity index (χ0n) is 12.5. The fraction of sp³-hybridized carbons (Fsp3) is 0.118. The van der Waals surface area contributed by atoms with Crippen LogP contribution in [0.4, 0.5) is 13.2 Å². The number of benzene rings is 2. The average molecular weight is 369 g/mol. The van der Waals surface area contributed by atoms with Crippen molar-refractivity contribution in [3.8, 4) is 16.9 Å². The van der Waals surface area contributed by atoms with Gasteiger partial charge < -0.3 is 0 Å². The van der Waals surface area contributed by atoms with Crippen molar-refractivity contribution in [2.45, 2.75) is 13.1 Å². The van der Waals surface area contributed by atoms with Crippen molar-refractivity contribution in [1.29, 1.82) is 5.41 Å². The summed E-state index contributed by atoms with van der Waals surface area (Å²) in [5.41, 5.74) is 1.88. The molecule has 0 amide bonds. The lowest BCUT2D eigenvalue weighted by Crippen LogP contribution is -2.14. The van der Waals surface area contributed by atoms with Gasteiger partial charge in [0.1, 0.15) is 0 Å². The van der Waals surface area contributed by atoms with E-state index in [0.717, 1.165) is 34.6 Å². The second-order valence-corrected chi connectivity index (χ2v) is 6.54. The van der Waals surface area contributed by atoms with Crippen LogP contribution in [0, 0.1) is 12.3 Å². The minimum Gasteiger partial charge on any atom is -0.286 e. The highest BCUT2D eigenvalue weighted by Crippen LogP contribution is 2.32. The smallest absolute Gasteiger partial charge is 0.286 e. The number of aryl methyl sites for hydroxylation is 1. The maximum Gasteiger partial charge on any atom is 0.416 e. The number of thiazole rings is 1. The highest BCUT2D eigenvalue weighted by atomic mass is 35.5. The van der Waals surface area contributed by atoms with E-state index in [1.165, 1.54) is 10.6 Å². The Bertz CT molecular complexity index is 957. The molecule has 1 aromatic heterocycles. The number of halogens is 4. The largest absolute Gasteiger partial charge is 0.416 e. The lowest BCUT2D eigenvalue weighted by molar-refractivity contribution is -0.137. The molecule has 0 aliphatic rings. The van der Waals surface area contributed by atoms with Crippen molar-refractivity contribution in [2.24, 2.45) is 0 Å². The lowest BCUT2D eigenvalue weighted by atomic mass is 10.1. The van der Waals surface area contributed by atoms with Crippen molar-refractivity contribution < 1.29 is 13.2 Å². The predicted octanol–water partition coefficient (Wildman–Crippen LogP) is 5.67. The highest BCUT2D eigenvalue weighted by molar-refractivity contribution is 7.07. The first-order valence-electron chi connectivity index (χ1n) is 6.96. The second kappa shape index (κ2) is 6.11. The molecule has 3 aromatic rings. The van der Waals surface area contributed by atoms with Crippen LogP contribution in [0.5, 0.6) is 0 Å². The molecule has 0 radical (unpaired) electrons. The Balaban J connectivity index is 2.18. The summed E-state index contributed by atoms with van der Waals surface area (Å²) >= 11 is 7.19. The highest BCUT2D eigenvalue weighted by Gasteiger charge is 2.30. The zero-order chi connectivity index (χ0) is 17.5. The fourth-order valence-corrected chi connectivity index (χ4v) is 3.30. The third kappa shape index (κ3) is 3.12. The van der Waals surface area contributed by atoms with Crippen LogP contribution < -0.4 is 4.80 Å². The van der Waals surface area contributed by atoms with Gasteiger partial charge in [-0.25, -0.2) is 0 Å². The normalized spacial score (nSPS) is 11.7. The van der Waals surface area contributed by atoms with E-state index in [9.17, 15) is 13.2 Å². The van der Waals surface area contributed by atoms with E-state index in [0.29, 0.717) is 16.4 Å². The van der Waals surface area contributed by atoms with E-state index in [4.69, 9.17) is 17.0 Å². The maximum absolute atomic E-state index is 13.0. The molecule has 0 fully saturated rings. The number of alkyl halides is 3. The molecule has 0 bridgehead atoms. The molecular weight excluding hydrogens is 357 g/mol. The van der Waals surface area contributed by atoms with E-state index in [1.807, 2.05) is 13.0 Å². The van der Waals surface area contributed by atoms with Crippen molar-refractivity contribution >= 4 is 22.9 Å². The molecule has 2 nitrogen and oxygen atoms in total. The Morgan fingerprint density at radius 1 is 1.12 bits per heavy atom. The molecule has 0 unspecified atom stereocenters. The van der Waals surface area contributed by atoms with Gasteiger partial charge >= 0.3 is 6.18 Å². The SMILES string of the molecule is Cc1cc(-c2csc(=N)n2-c2cccc(C(F)(F)F)c2)ccc1Cl. The summed E-state index contributed by atoms with van der Waals surface area (Å²) in [5.74, 6) is 0. The minimum atomic E-state index is -4.42. The van der Waals surface area contributed by atoms with Gasteiger partial charge in [0.15, 0.2) is 4.80 Å². The van der Waals surface area contributed by atoms with Gasteiger partial charge in [0.05, 0.1) is 11.3 Å². The number of rotatable bonds is 2. The van der Waals surface area contributed by atoms with Crippen molar-refractivity contribution in [3.63, 3.8) is 0 Å². The molecule has 1 heterocycles. The van der Waals surface area contributed by atoms with Crippen LogP contribution in [0.25, 0.3) is 16.9 Å². The first-order valence-corrected chi connectivity index (χ1v) is 8.22. The molecule has 0 aliphatic carbocycles. The second-order valence-electron chi connectivity index (χ2n) is 5.27. The number of nitrogens with zero attached hydrogens (tertiary/aromatic N) is 1. The topological polar surface area (TPSA) is 28.8 Å². The van der Waals surface area contributed by atoms with E-state index in [1.54, 1.807) is 23.6 Å². The van der Waals surface area contributed by atoms with Gasteiger partial charge in [0.2, 0.25) is 0 Å². The fourth-order valence-electron chi connectivity index (χ4n) is 2.41. The summed E-state index contributed by atoms with van der Waals surface area (Å²) in [6.45, 7) is 1.86. The third-order valence-electron chi connectivity index (χ3n) is 3.61. The van der Waals surface area contributed by atoms with Crippen LogP contribution in [0.3, 0.4) is 0 Å². The van der Waals surface area contributed by atoms with E-state index < -0.39 is 11.7 Å². The molecule has 2 aromatic carbocycles. The van der Waals surface area contributed by atoms with Crippen LogP contribution in [0.1, 0.15) is 11.1 Å². The van der Waals surface area contributed by atoms with Crippen LogP contribution in [0.15, 0.2) is 47.8 Å². The van der Waals surface area contributed by atoms with Gasteiger partial charge in [-0.3, -0.25) is 9.98 Å². The van der Waals surface area contributed by atoms with Gasteiger partial charge in [-0.1, -0.05) is 23.7 Å². The Labute approximate surface area is 145 Å². The average Bonchev–Trinajstić information content (AvgIpc) is 2.91. The van der Waals surface area contributed by atoms with E-state index in [-0.39, 0.29) is 4.80 Å². The Hall–Kier alpha value is -2.05. The molecule has 0 spiro atoms. The summed E-state index contributed by atoms with van der Waals surface area (Å²) in [7, 11) is 0. The van der Waals surface area contributed by atoms with Crippen LogP contribution in [0.2, 0.25) is 5.02 Å². The van der Waals surface area contributed by atoms with Crippen molar-refractivity contribution in [2.75, 3.05) is 0 Å². The predicted molar refractivity (Wildman–Crippen MR) is 89.7 cm³/mol. The number of hydrogen-bond acceptors (Lipinski definition) is 2. The third-order valence-corrected chi connectivity index (χ3v) is 4.78. The standard InChI is InChI=1S/C17H12ClF3N2S/c1-10-7-11(5-6-14(10)18)15-9-24-16(22)23(15)13-4-2-3-12(8-13)17(19,20)21/h2-9,22H,1H3. The Kier molecular flexibility index (Phi) is 4.27. The zero-order valence-corrected chi connectivity index (χ0v) is 14.1. The molecule has 24 heavy (non-hydrogen) atoms. The maximum atomic E-state index is 13.0. The molecular formula is C17H12ClF3N2S. The Morgan fingerprint density at radius 2 is 1.88 bits per heavy atom. The molecule has 124 valence electrons.